The van der Waals surface area contributed by atoms with Crippen molar-refractivity contribution >= 4 is 18.0 Å². The van der Waals surface area contributed by atoms with Crippen LogP contribution in [0.1, 0.15) is 11.3 Å². The van der Waals surface area contributed by atoms with Gasteiger partial charge in [-0.05, 0) is 30.7 Å². The summed E-state index contributed by atoms with van der Waals surface area (Å²) in [5, 5.41) is 0. The fraction of sp³-hybridized carbons (Fsp3) is 0.100. The van der Waals surface area contributed by atoms with E-state index < -0.39 is 0 Å². The standard InChI is InChI=1S/C20H19N3O/c1-16-19(21-15-9-12-17-10-5-3-6-11-17)20(24)23(22(16)2)18-13-7-4-8-14-18/h3-15H,1-2H3. The maximum Gasteiger partial charge on any atom is 0.297 e. The molecule has 0 saturated heterocycles. The minimum atomic E-state index is -0.120. The summed E-state index contributed by atoms with van der Waals surface area (Å²) < 4.78 is 3.45. The summed E-state index contributed by atoms with van der Waals surface area (Å²) in [6, 6.07) is 19.5. The lowest BCUT2D eigenvalue weighted by molar-refractivity contribution is 0.630. The van der Waals surface area contributed by atoms with Crippen LogP contribution < -0.4 is 5.56 Å². The Hall–Kier alpha value is -3.14. The maximum atomic E-state index is 12.7. The SMILES string of the molecule is Cc1c(N=CC=Cc2ccccc2)c(=O)n(-c2ccccc2)n1C. The molecule has 0 atom stereocenters. The zero-order chi connectivity index (χ0) is 16.9. The fourth-order valence-corrected chi connectivity index (χ4v) is 2.54. The van der Waals surface area contributed by atoms with Crippen molar-refractivity contribution in [3.63, 3.8) is 0 Å². The normalized spacial score (nSPS) is 11.6. The second kappa shape index (κ2) is 6.96. The molecule has 0 spiro atoms. The molecule has 0 unspecified atom stereocenters. The molecule has 0 saturated carbocycles. The van der Waals surface area contributed by atoms with Crippen LogP contribution in [0.25, 0.3) is 11.8 Å². The van der Waals surface area contributed by atoms with Crippen LogP contribution in [0.3, 0.4) is 0 Å². The van der Waals surface area contributed by atoms with Crippen molar-refractivity contribution in [3.05, 3.63) is 88.4 Å². The predicted octanol–water partition coefficient (Wildman–Crippen LogP) is 3.90. The van der Waals surface area contributed by atoms with Crippen molar-refractivity contribution in [2.24, 2.45) is 12.0 Å². The third-order valence-electron chi connectivity index (χ3n) is 3.90. The van der Waals surface area contributed by atoms with E-state index in [2.05, 4.69) is 4.99 Å². The molecule has 0 fully saturated rings. The van der Waals surface area contributed by atoms with Crippen LogP contribution in [-0.4, -0.2) is 15.6 Å². The molecule has 1 heterocycles. The summed E-state index contributed by atoms with van der Waals surface area (Å²) in [4.78, 5) is 17.0. The van der Waals surface area contributed by atoms with Crippen LogP contribution in [0.2, 0.25) is 0 Å². The molecule has 4 heteroatoms. The van der Waals surface area contributed by atoms with Crippen LogP contribution in [0.15, 0.2) is 76.5 Å². The molecule has 3 rings (SSSR count). The lowest BCUT2D eigenvalue weighted by Gasteiger charge is -2.07. The Balaban J connectivity index is 1.91. The summed E-state index contributed by atoms with van der Waals surface area (Å²) in [5.74, 6) is 0. The van der Waals surface area contributed by atoms with Crippen LogP contribution in [0.4, 0.5) is 5.69 Å². The highest BCUT2D eigenvalue weighted by molar-refractivity contribution is 5.80. The van der Waals surface area contributed by atoms with E-state index in [4.69, 9.17) is 0 Å². The van der Waals surface area contributed by atoms with Crippen LogP contribution in [0.5, 0.6) is 0 Å². The van der Waals surface area contributed by atoms with Crippen LogP contribution >= 0.6 is 0 Å². The number of aromatic nitrogens is 2. The van der Waals surface area contributed by atoms with Crippen molar-refractivity contribution < 1.29 is 0 Å². The first-order valence-corrected chi connectivity index (χ1v) is 7.78. The summed E-state index contributed by atoms with van der Waals surface area (Å²) in [7, 11) is 1.86. The Kier molecular flexibility index (Phi) is 4.57. The molecular weight excluding hydrogens is 298 g/mol. The smallest absolute Gasteiger partial charge is 0.283 e. The minimum absolute atomic E-state index is 0.120. The van der Waals surface area contributed by atoms with Gasteiger partial charge in [-0.2, -0.15) is 0 Å². The summed E-state index contributed by atoms with van der Waals surface area (Å²) in [6.07, 6.45) is 5.46. The summed E-state index contributed by atoms with van der Waals surface area (Å²) >= 11 is 0. The van der Waals surface area contributed by atoms with Gasteiger partial charge in [-0.25, -0.2) is 9.67 Å². The molecule has 3 aromatic rings. The monoisotopic (exact) mass is 317 g/mol. The van der Waals surface area contributed by atoms with Gasteiger partial charge in [-0.1, -0.05) is 54.6 Å². The highest BCUT2D eigenvalue weighted by Gasteiger charge is 2.14. The minimum Gasteiger partial charge on any atom is -0.283 e. The zero-order valence-corrected chi connectivity index (χ0v) is 13.8. The van der Waals surface area contributed by atoms with Crippen molar-refractivity contribution in [2.75, 3.05) is 0 Å². The van der Waals surface area contributed by atoms with Gasteiger partial charge in [-0.15, -0.1) is 0 Å². The van der Waals surface area contributed by atoms with Gasteiger partial charge in [0.05, 0.1) is 11.4 Å². The second-order valence-corrected chi connectivity index (χ2v) is 5.46. The molecule has 0 aliphatic carbocycles. The second-order valence-electron chi connectivity index (χ2n) is 5.46. The number of rotatable bonds is 4. The number of hydrogen-bond acceptors (Lipinski definition) is 2. The van der Waals surface area contributed by atoms with E-state index >= 15 is 0 Å². The molecule has 0 aliphatic rings. The number of benzene rings is 2. The molecule has 1 aromatic heterocycles. The van der Waals surface area contributed by atoms with Crippen molar-refractivity contribution in [3.8, 4) is 5.69 Å². The molecule has 0 bridgehead atoms. The fourth-order valence-electron chi connectivity index (χ4n) is 2.54. The Labute approximate surface area is 141 Å². The van der Waals surface area contributed by atoms with E-state index in [0.29, 0.717) is 5.69 Å². The number of hydrogen-bond donors (Lipinski definition) is 0. The van der Waals surface area contributed by atoms with Gasteiger partial charge in [0, 0.05) is 13.3 Å². The van der Waals surface area contributed by atoms with Gasteiger partial charge in [0.15, 0.2) is 5.69 Å². The average Bonchev–Trinajstić information content (AvgIpc) is 2.83. The Morgan fingerprint density at radius 2 is 1.58 bits per heavy atom. The number of allylic oxidation sites excluding steroid dienone is 1. The summed E-state index contributed by atoms with van der Waals surface area (Å²) in [5.41, 5.74) is 3.09. The highest BCUT2D eigenvalue weighted by Crippen LogP contribution is 2.16. The molecular formula is C20H19N3O. The van der Waals surface area contributed by atoms with Gasteiger partial charge in [0.2, 0.25) is 0 Å². The molecule has 0 amide bonds. The summed E-state index contributed by atoms with van der Waals surface area (Å²) in [6.45, 7) is 1.90. The number of para-hydroxylation sites is 1. The van der Waals surface area contributed by atoms with Crippen LogP contribution in [0, 0.1) is 6.92 Å². The molecule has 4 nitrogen and oxygen atoms in total. The van der Waals surface area contributed by atoms with Crippen molar-refractivity contribution in [1.82, 2.24) is 9.36 Å². The van der Waals surface area contributed by atoms with E-state index in [9.17, 15) is 4.79 Å². The molecule has 0 aliphatic heterocycles. The lowest BCUT2D eigenvalue weighted by atomic mass is 10.2. The van der Waals surface area contributed by atoms with E-state index in [1.165, 1.54) is 0 Å². The number of aliphatic imine (C=N–C) groups is 1. The third-order valence-corrected chi connectivity index (χ3v) is 3.90. The average molecular weight is 317 g/mol. The topological polar surface area (TPSA) is 39.3 Å². The van der Waals surface area contributed by atoms with Gasteiger partial charge in [0.25, 0.3) is 5.56 Å². The van der Waals surface area contributed by atoms with E-state index in [1.807, 2.05) is 91.5 Å². The van der Waals surface area contributed by atoms with Gasteiger partial charge < -0.3 is 0 Å². The van der Waals surface area contributed by atoms with E-state index in [-0.39, 0.29) is 5.56 Å². The Morgan fingerprint density at radius 1 is 0.958 bits per heavy atom. The molecule has 120 valence electrons. The van der Waals surface area contributed by atoms with E-state index in [0.717, 1.165) is 16.9 Å². The molecule has 0 N–H and O–H groups in total. The zero-order valence-electron chi connectivity index (χ0n) is 13.8. The molecule has 24 heavy (non-hydrogen) atoms. The van der Waals surface area contributed by atoms with Gasteiger partial charge in [0.1, 0.15) is 0 Å². The largest absolute Gasteiger partial charge is 0.297 e. The Morgan fingerprint density at radius 3 is 2.25 bits per heavy atom. The first kappa shape index (κ1) is 15.7. The molecule has 2 aromatic carbocycles. The lowest BCUT2D eigenvalue weighted by Crippen LogP contribution is -2.19. The first-order valence-electron chi connectivity index (χ1n) is 7.78. The highest BCUT2D eigenvalue weighted by atomic mass is 16.1. The van der Waals surface area contributed by atoms with Crippen molar-refractivity contribution in [2.45, 2.75) is 6.92 Å². The Bertz CT molecular complexity index is 932. The quantitative estimate of drug-likeness (QED) is 0.673. The van der Waals surface area contributed by atoms with Gasteiger partial charge >= 0.3 is 0 Å². The van der Waals surface area contributed by atoms with Gasteiger partial charge in [-0.3, -0.25) is 9.48 Å². The maximum absolute atomic E-state index is 12.7. The van der Waals surface area contributed by atoms with E-state index in [1.54, 1.807) is 10.9 Å². The predicted molar refractivity (Wildman–Crippen MR) is 99.4 cm³/mol. The number of nitrogens with zero attached hydrogens (tertiary/aromatic N) is 3. The first-order chi connectivity index (χ1) is 11.7. The molecule has 0 radical (unpaired) electrons. The third kappa shape index (κ3) is 3.13. The van der Waals surface area contributed by atoms with Crippen molar-refractivity contribution in [1.29, 1.82) is 0 Å². The van der Waals surface area contributed by atoms with Crippen LogP contribution in [-0.2, 0) is 7.05 Å².